The third kappa shape index (κ3) is 3.61. The van der Waals surface area contributed by atoms with E-state index in [1.54, 1.807) is 6.07 Å². The van der Waals surface area contributed by atoms with Crippen LogP contribution in [0.5, 0.6) is 5.75 Å². The van der Waals surface area contributed by atoms with Gasteiger partial charge in [-0.25, -0.2) is 0 Å². The van der Waals surface area contributed by atoms with Crippen molar-refractivity contribution in [3.05, 3.63) is 59.7 Å². The first-order valence-corrected chi connectivity index (χ1v) is 10.3. The molecule has 0 bridgehead atoms. The van der Waals surface area contributed by atoms with Crippen molar-refractivity contribution in [1.29, 1.82) is 0 Å². The van der Waals surface area contributed by atoms with Crippen molar-refractivity contribution in [2.24, 2.45) is 0 Å². The number of anilines is 1. The Morgan fingerprint density at radius 2 is 1.43 bits per heavy atom. The van der Waals surface area contributed by atoms with E-state index in [1.165, 1.54) is 27.5 Å². The molecule has 0 unspecified atom stereocenters. The maximum absolute atomic E-state index is 9.88. The zero-order valence-corrected chi connectivity index (χ0v) is 18.1. The molecule has 2 nitrogen and oxygen atoms in total. The molecule has 0 saturated heterocycles. The molecule has 0 fully saturated rings. The summed E-state index contributed by atoms with van der Waals surface area (Å²) in [5, 5.41) is 12.4. The Labute approximate surface area is 169 Å². The molecule has 3 N–H and O–H groups in total. The lowest BCUT2D eigenvalue weighted by molar-refractivity contribution is 0.478. The summed E-state index contributed by atoms with van der Waals surface area (Å²) < 4.78 is 0. The topological polar surface area (TPSA) is 46.2 Å². The highest BCUT2D eigenvalue weighted by Crippen LogP contribution is 2.39. The fourth-order valence-electron chi connectivity index (χ4n) is 3.54. The molecular weight excluding hydrogens is 342 g/mol. The van der Waals surface area contributed by atoms with E-state index in [4.69, 9.17) is 5.73 Å². The number of phenols is 1. The van der Waals surface area contributed by atoms with Gasteiger partial charge in [0.1, 0.15) is 5.75 Å². The fourth-order valence-corrected chi connectivity index (χ4v) is 3.54. The van der Waals surface area contributed by atoms with Crippen LogP contribution in [-0.2, 0) is 10.8 Å². The van der Waals surface area contributed by atoms with Crippen LogP contribution in [0, 0.1) is 0 Å². The zero-order valence-electron chi connectivity index (χ0n) is 18.1. The summed E-state index contributed by atoms with van der Waals surface area (Å²) in [6, 6.07) is 17.0. The molecule has 0 radical (unpaired) electrons. The molecule has 0 aliphatic carbocycles. The van der Waals surface area contributed by atoms with Crippen LogP contribution in [-0.4, -0.2) is 5.11 Å². The number of nitrogen functional groups attached to an aromatic ring is 1. The minimum absolute atomic E-state index is 0.0900. The summed E-state index contributed by atoms with van der Waals surface area (Å²) >= 11 is 0. The predicted octanol–water partition coefficient (Wildman–Crippen LogP) is 7.17. The largest absolute Gasteiger partial charge is 0.506 e. The molecule has 0 amide bonds. The summed E-state index contributed by atoms with van der Waals surface area (Å²) in [6.07, 6.45) is 2.15. The standard InChI is InChI=1S/C26H33NO/c1-7-25(3,4)19-11-9-17-13-20(26(5,6)8-2)16-22(21(17)15-19)18-10-12-24(28)23(27)14-18/h9-16,28H,7-8,27H2,1-6H3. The molecule has 0 aliphatic rings. The first-order valence-electron chi connectivity index (χ1n) is 10.3. The fraction of sp³-hybridized carbons (Fsp3) is 0.385. The zero-order chi connectivity index (χ0) is 20.7. The molecule has 3 aromatic carbocycles. The monoisotopic (exact) mass is 375 g/mol. The van der Waals surface area contributed by atoms with Crippen LogP contribution in [0.25, 0.3) is 21.9 Å². The van der Waals surface area contributed by atoms with Gasteiger partial charge in [0.15, 0.2) is 0 Å². The first kappa shape index (κ1) is 20.3. The Hall–Kier alpha value is -2.48. The summed E-state index contributed by atoms with van der Waals surface area (Å²) in [7, 11) is 0. The number of hydrogen-bond donors (Lipinski definition) is 2. The third-order valence-electron chi connectivity index (χ3n) is 6.62. The van der Waals surface area contributed by atoms with E-state index in [2.05, 4.69) is 71.9 Å². The van der Waals surface area contributed by atoms with Gasteiger partial charge >= 0.3 is 0 Å². The Bertz CT molecular complexity index is 1010. The highest BCUT2D eigenvalue weighted by molar-refractivity contribution is 5.98. The number of nitrogens with two attached hydrogens (primary N) is 1. The van der Waals surface area contributed by atoms with Crippen LogP contribution in [0.4, 0.5) is 5.69 Å². The molecule has 0 saturated carbocycles. The number of aromatic hydroxyl groups is 1. The summed E-state index contributed by atoms with van der Waals surface area (Å²) in [5.74, 6) is 0.130. The average molecular weight is 376 g/mol. The summed E-state index contributed by atoms with van der Waals surface area (Å²) in [4.78, 5) is 0. The second-order valence-corrected chi connectivity index (χ2v) is 9.21. The lowest BCUT2D eigenvalue weighted by Crippen LogP contribution is -2.16. The van der Waals surface area contributed by atoms with Crippen molar-refractivity contribution >= 4 is 16.5 Å². The van der Waals surface area contributed by atoms with Gasteiger partial charge in [-0.2, -0.15) is 0 Å². The molecule has 148 valence electrons. The van der Waals surface area contributed by atoms with Crippen molar-refractivity contribution in [2.75, 3.05) is 5.73 Å². The van der Waals surface area contributed by atoms with Crippen molar-refractivity contribution in [3.8, 4) is 16.9 Å². The second kappa shape index (κ2) is 7.16. The highest BCUT2D eigenvalue weighted by atomic mass is 16.3. The molecule has 0 atom stereocenters. The molecule has 3 rings (SSSR count). The van der Waals surface area contributed by atoms with Crippen LogP contribution in [0.2, 0.25) is 0 Å². The molecule has 0 spiro atoms. The first-order chi connectivity index (χ1) is 13.1. The lowest BCUT2D eigenvalue weighted by Gasteiger charge is -2.27. The molecule has 28 heavy (non-hydrogen) atoms. The minimum atomic E-state index is 0.0900. The van der Waals surface area contributed by atoms with E-state index < -0.39 is 0 Å². The Balaban J connectivity index is 2.35. The van der Waals surface area contributed by atoms with Crippen LogP contribution < -0.4 is 5.73 Å². The Kier molecular flexibility index (Phi) is 5.18. The molecule has 2 heteroatoms. The molecule has 0 aliphatic heterocycles. The molecule has 0 heterocycles. The van der Waals surface area contributed by atoms with E-state index in [-0.39, 0.29) is 16.6 Å². The van der Waals surface area contributed by atoms with Gasteiger partial charge in [0.25, 0.3) is 0 Å². The predicted molar refractivity (Wildman–Crippen MR) is 122 cm³/mol. The normalized spacial score (nSPS) is 12.5. The van der Waals surface area contributed by atoms with Crippen molar-refractivity contribution in [3.63, 3.8) is 0 Å². The average Bonchev–Trinajstić information content (AvgIpc) is 2.68. The smallest absolute Gasteiger partial charge is 0.138 e. The molecule has 0 aromatic heterocycles. The van der Waals surface area contributed by atoms with Crippen molar-refractivity contribution in [2.45, 2.75) is 65.2 Å². The van der Waals surface area contributed by atoms with Gasteiger partial charge in [-0.05, 0) is 81.0 Å². The maximum atomic E-state index is 9.88. The van der Waals surface area contributed by atoms with Gasteiger partial charge in [0.2, 0.25) is 0 Å². The quantitative estimate of drug-likeness (QED) is 0.367. The summed E-state index contributed by atoms with van der Waals surface area (Å²) in [6.45, 7) is 13.6. The minimum Gasteiger partial charge on any atom is -0.506 e. The van der Waals surface area contributed by atoms with Gasteiger partial charge in [-0.1, -0.05) is 65.8 Å². The van der Waals surface area contributed by atoms with Gasteiger partial charge in [0.05, 0.1) is 5.69 Å². The van der Waals surface area contributed by atoms with Crippen molar-refractivity contribution < 1.29 is 5.11 Å². The lowest BCUT2D eigenvalue weighted by atomic mass is 9.78. The van der Waals surface area contributed by atoms with Crippen molar-refractivity contribution in [1.82, 2.24) is 0 Å². The number of benzene rings is 3. The van der Waals surface area contributed by atoms with Gasteiger partial charge < -0.3 is 10.8 Å². The molecule has 3 aromatic rings. The Morgan fingerprint density at radius 3 is 2.04 bits per heavy atom. The number of fused-ring (bicyclic) bond motifs is 1. The van der Waals surface area contributed by atoms with Gasteiger partial charge in [-0.15, -0.1) is 0 Å². The maximum Gasteiger partial charge on any atom is 0.138 e. The van der Waals surface area contributed by atoms with Gasteiger partial charge in [0, 0.05) is 0 Å². The van der Waals surface area contributed by atoms with Crippen LogP contribution >= 0.6 is 0 Å². The molecular formula is C26H33NO. The third-order valence-corrected chi connectivity index (χ3v) is 6.62. The number of rotatable bonds is 5. The van der Waals surface area contributed by atoms with E-state index in [9.17, 15) is 5.11 Å². The van der Waals surface area contributed by atoms with Gasteiger partial charge in [-0.3, -0.25) is 0 Å². The van der Waals surface area contributed by atoms with E-state index in [0.29, 0.717) is 5.69 Å². The van der Waals surface area contributed by atoms with E-state index in [0.717, 1.165) is 18.4 Å². The van der Waals surface area contributed by atoms with E-state index in [1.807, 2.05) is 12.1 Å². The number of phenolic OH excluding ortho intramolecular Hbond substituents is 1. The summed E-state index contributed by atoms with van der Waals surface area (Å²) in [5.41, 5.74) is 11.5. The SMILES string of the molecule is CCC(C)(C)c1cc(-c2ccc(O)c(N)c2)c2cc(C(C)(C)CC)ccc2c1. The van der Waals surface area contributed by atoms with Crippen LogP contribution in [0.15, 0.2) is 48.5 Å². The highest BCUT2D eigenvalue weighted by Gasteiger charge is 2.22. The van der Waals surface area contributed by atoms with E-state index >= 15 is 0 Å². The second-order valence-electron chi connectivity index (χ2n) is 9.21. The van der Waals surface area contributed by atoms with Crippen LogP contribution in [0.3, 0.4) is 0 Å². The number of hydrogen-bond acceptors (Lipinski definition) is 2. The Morgan fingerprint density at radius 1 is 0.786 bits per heavy atom. The van der Waals surface area contributed by atoms with Crippen LogP contribution in [0.1, 0.15) is 65.5 Å².